The molecule has 1 saturated carbocycles. The molecule has 6 nitrogen and oxygen atoms in total. The second-order valence-corrected chi connectivity index (χ2v) is 10.5. The first-order valence-electron chi connectivity index (χ1n) is 14.1. The summed E-state index contributed by atoms with van der Waals surface area (Å²) in [6, 6.07) is 6.78. The lowest BCUT2D eigenvalue weighted by Crippen LogP contribution is -2.46. The maximum absolute atomic E-state index is 13.8. The van der Waals surface area contributed by atoms with Gasteiger partial charge in [-0.1, -0.05) is 44.7 Å². The number of aliphatic hydroxyl groups excluding tert-OH is 1. The Kier molecular flexibility index (Phi) is 12.2. The number of unbranched alkanes of at least 4 members (excludes halogenated alkanes) is 2. The molecule has 0 aromatic heterocycles. The normalized spacial score (nSPS) is 20.7. The smallest absolute Gasteiger partial charge is 0.220 e. The lowest BCUT2D eigenvalue weighted by atomic mass is 9.84. The number of halogens is 1. The molecule has 1 aliphatic heterocycles. The molecule has 2 aliphatic rings. The first-order chi connectivity index (χ1) is 17.5. The zero-order valence-corrected chi connectivity index (χ0v) is 21.9. The van der Waals surface area contributed by atoms with Crippen LogP contribution < -0.4 is 10.1 Å². The van der Waals surface area contributed by atoms with Crippen molar-refractivity contribution in [1.29, 1.82) is 0 Å². The fraction of sp³-hybridized carbons (Fsp3) is 0.724. The van der Waals surface area contributed by atoms with Crippen LogP contribution in [0.5, 0.6) is 5.75 Å². The molecule has 202 valence electrons. The van der Waals surface area contributed by atoms with Crippen molar-refractivity contribution in [1.82, 2.24) is 10.2 Å². The topological polar surface area (TPSA) is 78.9 Å². The van der Waals surface area contributed by atoms with E-state index in [-0.39, 0.29) is 11.8 Å². The van der Waals surface area contributed by atoms with Crippen LogP contribution >= 0.6 is 0 Å². The number of carbonyl (C=O) groups is 2. The van der Waals surface area contributed by atoms with Gasteiger partial charge in [0.15, 0.2) is 0 Å². The lowest BCUT2D eigenvalue weighted by molar-refractivity contribution is -0.125. The molecule has 0 bridgehead atoms. The van der Waals surface area contributed by atoms with Crippen LogP contribution in [0, 0.1) is 5.92 Å². The van der Waals surface area contributed by atoms with Gasteiger partial charge in [-0.2, -0.15) is 0 Å². The number of Topliss-reactive ketones (excluding diaryl/α,β-unsaturated/α-hetero) is 1. The number of hydrogen-bond acceptors (Lipinski definition) is 5. The highest BCUT2D eigenvalue weighted by Crippen LogP contribution is 2.26. The van der Waals surface area contributed by atoms with Crippen molar-refractivity contribution in [3.63, 3.8) is 0 Å². The van der Waals surface area contributed by atoms with E-state index in [0.29, 0.717) is 69.7 Å². The number of alkyl halides is 1. The largest absolute Gasteiger partial charge is 0.494 e. The van der Waals surface area contributed by atoms with Gasteiger partial charge < -0.3 is 15.2 Å². The average molecular weight is 505 g/mol. The van der Waals surface area contributed by atoms with Gasteiger partial charge >= 0.3 is 0 Å². The van der Waals surface area contributed by atoms with Crippen LogP contribution in [0.2, 0.25) is 0 Å². The molecule has 3 rings (SSSR count). The van der Waals surface area contributed by atoms with Gasteiger partial charge in [-0.15, -0.1) is 0 Å². The highest BCUT2D eigenvalue weighted by atomic mass is 19.1. The molecular weight excluding hydrogens is 459 g/mol. The molecule has 1 aromatic rings. The average Bonchev–Trinajstić information content (AvgIpc) is 3.31. The molecule has 1 heterocycles. The molecule has 1 aliphatic carbocycles. The van der Waals surface area contributed by atoms with E-state index in [1.165, 1.54) is 6.42 Å². The van der Waals surface area contributed by atoms with Crippen molar-refractivity contribution in [2.45, 2.75) is 102 Å². The molecule has 0 unspecified atom stereocenters. The molecule has 36 heavy (non-hydrogen) atoms. The minimum atomic E-state index is -0.912. The highest BCUT2D eigenvalue weighted by Gasteiger charge is 2.29. The minimum Gasteiger partial charge on any atom is -0.494 e. The van der Waals surface area contributed by atoms with Gasteiger partial charge in [0.25, 0.3) is 0 Å². The lowest BCUT2D eigenvalue weighted by Gasteiger charge is -2.29. The zero-order chi connectivity index (χ0) is 25.8. The SMILES string of the molecule is CCCCOc1ccc([C@@H](O)[C@@H](CN2CC[C@@H](F)C2)NC(=O)CCCCC(=O)C2CCCCC2)cc1. The Morgan fingerprint density at radius 1 is 1.08 bits per heavy atom. The van der Waals surface area contributed by atoms with E-state index in [0.717, 1.165) is 44.3 Å². The van der Waals surface area contributed by atoms with E-state index < -0.39 is 18.3 Å². The summed E-state index contributed by atoms with van der Waals surface area (Å²) in [6.45, 7) is 4.10. The quantitative estimate of drug-likeness (QED) is 0.324. The molecule has 3 atom stereocenters. The van der Waals surface area contributed by atoms with Crippen LogP contribution in [0.15, 0.2) is 24.3 Å². The van der Waals surface area contributed by atoms with Crippen LogP contribution in [-0.4, -0.2) is 60.2 Å². The molecule has 1 aromatic carbocycles. The summed E-state index contributed by atoms with van der Waals surface area (Å²) < 4.78 is 19.5. The third kappa shape index (κ3) is 9.47. The van der Waals surface area contributed by atoms with Crippen LogP contribution in [0.4, 0.5) is 4.39 Å². The van der Waals surface area contributed by atoms with Crippen molar-refractivity contribution in [2.75, 3.05) is 26.2 Å². The van der Waals surface area contributed by atoms with Gasteiger partial charge in [-0.3, -0.25) is 14.5 Å². The fourth-order valence-electron chi connectivity index (χ4n) is 5.27. The number of amides is 1. The Hall–Kier alpha value is -1.99. The second-order valence-electron chi connectivity index (χ2n) is 10.5. The number of ketones is 1. The Balaban J connectivity index is 1.50. The first kappa shape index (κ1) is 28.6. The summed E-state index contributed by atoms with van der Waals surface area (Å²) in [5, 5.41) is 14.1. The van der Waals surface area contributed by atoms with E-state index in [9.17, 15) is 19.1 Å². The summed E-state index contributed by atoms with van der Waals surface area (Å²) in [4.78, 5) is 27.1. The summed E-state index contributed by atoms with van der Waals surface area (Å²) >= 11 is 0. The number of likely N-dealkylation sites (tertiary alicyclic amines) is 1. The highest BCUT2D eigenvalue weighted by molar-refractivity contribution is 5.81. The number of aliphatic hydroxyl groups is 1. The van der Waals surface area contributed by atoms with E-state index >= 15 is 0 Å². The molecule has 0 spiro atoms. The second kappa shape index (κ2) is 15.3. The summed E-state index contributed by atoms with van der Waals surface area (Å²) in [7, 11) is 0. The number of nitrogens with zero attached hydrogens (tertiary/aromatic N) is 1. The minimum absolute atomic E-state index is 0.139. The van der Waals surface area contributed by atoms with Gasteiger partial charge in [-0.25, -0.2) is 4.39 Å². The first-order valence-corrected chi connectivity index (χ1v) is 14.1. The Bertz CT molecular complexity index is 797. The number of ether oxygens (including phenoxy) is 1. The Labute approximate surface area is 216 Å². The fourth-order valence-corrected chi connectivity index (χ4v) is 5.27. The van der Waals surface area contributed by atoms with E-state index in [1.807, 2.05) is 29.2 Å². The monoisotopic (exact) mass is 504 g/mol. The molecule has 1 saturated heterocycles. The van der Waals surface area contributed by atoms with E-state index in [2.05, 4.69) is 12.2 Å². The third-order valence-corrected chi connectivity index (χ3v) is 7.52. The van der Waals surface area contributed by atoms with Gasteiger partial charge in [0.1, 0.15) is 23.8 Å². The number of carbonyl (C=O) groups excluding carboxylic acids is 2. The molecular formula is C29H45FN2O4. The Morgan fingerprint density at radius 2 is 1.81 bits per heavy atom. The predicted molar refractivity (Wildman–Crippen MR) is 140 cm³/mol. The molecule has 2 N–H and O–H groups in total. The van der Waals surface area contributed by atoms with Crippen molar-refractivity contribution >= 4 is 11.7 Å². The van der Waals surface area contributed by atoms with E-state index in [4.69, 9.17) is 4.74 Å². The standard InChI is InChI=1S/C29H45FN2O4/c1-2-3-19-36-25-15-13-23(14-16-25)29(35)26(21-32-18-17-24(30)20-32)31-28(34)12-8-7-11-27(33)22-9-5-4-6-10-22/h13-16,22,24,26,29,35H,2-12,17-21H2,1H3,(H,31,34)/t24-,26-,29-/m1/s1. The third-order valence-electron chi connectivity index (χ3n) is 7.52. The maximum Gasteiger partial charge on any atom is 0.220 e. The van der Waals surface area contributed by atoms with Crippen molar-refractivity contribution in [3.8, 4) is 5.75 Å². The molecule has 7 heteroatoms. The van der Waals surface area contributed by atoms with Crippen molar-refractivity contribution in [3.05, 3.63) is 29.8 Å². The van der Waals surface area contributed by atoms with Crippen LogP contribution in [-0.2, 0) is 9.59 Å². The van der Waals surface area contributed by atoms with Crippen LogP contribution in [0.25, 0.3) is 0 Å². The molecule has 1 amide bonds. The summed E-state index contributed by atoms with van der Waals surface area (Å²) in [5.41, 5.74) is 0.692. The summed E-state index contributed by atoms with van der Waals surface area (Å²) in [6.07, 6.45) is 8.54. The van der Waals surface area contributed by atoms with Crippen molar-refractivity contribution in [2.24, 2.45) is 5.92 Å². The molecule has 2 fully saturated rings. The number of nitrogens with one attached hydrogen (secondary N) is 1. The van der Waals surface area contributed by atoms with Gasteiger partial charge in [0, 0.05) is 38.4 Å². The molecule has 0 radical (unpaired) electrons. The summed E-state index contributed by atoms with van der Waals surface area (Å²) in [5.74, 6) is 1.18. The number of hydrogen-bond donors (Lipinski definition) is 2. The van der Waals surface area contributed by atoms with Crippen LogP contribution in [0.1, 0.15) is 95.6 Å². The van der Waals surface area contributed by atoms with Crippen molar-refractivity contribution < 1.29 is 23.8 Å². The number of rotatable bonds is 15. The van der Waals surface area contributed by atoms with Gasteiger partial charge in [-0.05, 0) is 56.2 Å². The zero-order valence-electron chi connectivity index (χ0n) is 21.9. The Morgan fingerprint density at radius 3 is 2.47 bits per heavy atom. The maximum atomic E-state index is 13.8. The van der Waals surface area contributed by atoms with Crippen LogP contribution in [0.3, 0.4) is 0 Å². The predicted octanol–water partition coefficient (Wildman–Crippen LogP) is 5.14. The van der Waals surface area contributed by atoms with Gasteiger partial charge in [0.2, 0.25) is 5.91 Å². The van der Waals surface area contributed by atoms with Gasteiger partial charge in [0.05, 0.1) is 12.6 Å². The van der Waals surface area contributed by atoms with E-state index in [1.54, 1.807) is 0 Å². The number of benzene rings is 1.